The molecule has 98 valence electrons. The number of carbonyl (C=O) groups excluding carboxylic acids is 1. The third-order valence-corrected chi connectivity index (χ3v) is 3.61. The van der Waals surface area contributed by atoms with E-state index in [1.165, 1.54) is 0 Å². The Morgan fingerprint density at radius 2 is 2.12 bits per heavy atom. The van der Waals surface area contributed by atoms with Crippen molar-refractivity contribution in [3.8, 4) is 0 Å². The number of hydrogen-bond donors (Lipinski definition) is 3. The predicted molar refractivity (Wildman–Crippen MR) is 66.8 cm³/mol. The number of rotatable bonds is 6. The summed E-state index contributed by atoms with van der Waals surface area (Å²) in [4.78, 5) is 12.0. The number of nitrogens with one attached hydrogen (secondary N) is 1. The van der Waals surface area contributed by atoms with Crippen LogP contribution in [0.15, 0.2) is 5.16 Å². The maximum absolute atomic E-state index is 12.0. The zero-order chi connectivity index (χ0) is 13.1. The molecule has 5 heteroatoms. The van der Waals surface area contributed by atoms with E-state index in [0.717, 1.165) is 12.8 Å². The first-order valence-corrected chi connectivity index (χ1v) is 6.25. The van der Waals surface area contributed by atoms with Gasteiger partial charge in [0, 0.05) is 6.04 Å². The molecule has 1 aliphatic rings. The molecule has 0 heterocycles. The highest BCUT2D eigenvalue weighted by molar-refractivity contribution is 6.09. The number of amides is 1. The van der Waals surface area contributed by atoms with Gasteiger partial charge in [0.15, 0.2) is 5.84 Å². The quantitative estimate of drug-likeness (QED) is 0.285. The van der Waals surface area contributed by atoms with Crippen LogP contribution in [0.25, 0.3) is 0 Å². The van der Waals surface area contributed by atoms with E-state index in [1.807, 2.05) is 6.92 Å². The number of amidine groups is 1. The van der Waals surface area contributed by atoms with E-state index in [9.17, 15) is 4.79 Å². The lowest BCUT2D eigenvalue weighted by Gasteiger charge is -2.20. The molecule has 1 aliphatic carbocycles. The Labute approximate surface area is 102 Å². The van der Waals surface area contributed by atoms with E-state index in [1.54, 1.807) is 0 Å². The van der Waals surface area contributed by atoms with Crippen LogP contribution in [0.2, 0.25) is 0 Å². The maximum Gasteiger partial charge on any atom is 0.234 e. The van der Waals surface area contributed by atoms with Crippen LogP contribution >= 0.6 is 0 Å². The predicted octanol–water partition coefficient (Wildman–Crippen LogP) is 1.45. The monoisotopic (exact) mass is 241 g/mol. The average molecular weight is 241 g/mol. The molecular formula is C12H23N3O2. The molecular weight excluding hydrogens is 218 g/mol. The highest BCUT2D eigenvalue weighted by atomic mass is 16.4. The molecule has 0 aromatic rings. The van der Waals surface area contributed by atoms with Gasteiger partial charge >= 0.3 is 0 Å². The lowest BCUT2D eigenvalue weighted by atomic mass is 9.99. The van der Waals surface area contributed by atoms with E-state index < -0.39 is 5.41 Å². The smallest absolute Gasteiger partial charge is 0.234 e. The van der Waals surface area contributed by atoms with Gasteiger partial charge in [-0.2, -0.15) is 0 Å². The van der Waals surface area contributed by atoms with E-state index in [-0.39, 0.29) is 17.8 Å². The van der Waals surface area contributed by atoms with Crippen molar-refractivity contribution in [1.82, 2.24) is 5.32 Å². The summed E-state index contributed by atoms with van der Waals surface area (Å²) in [5, 5.41) is 14.6. The molecule has 0 spiro atoms. The third kappa shape index (κ3) is 3.11. The zero-order valence-corrected chi connectivity index (χ0v) is 10.9. The Bertz CT molecular complexity index is 311. The Hall–Kier alpha value is -1.26. The summed E-state index contributed by atoms with van der Waals surface area (Å²) >= 11 is 0. The van der Waals surface area contributed by atoms with E-state index in [0.29, 0.717) is 18.8 Å². The van der Waals surface area contributed by atoms with Gasteiger partial charge in [0.2, 0.25) is 5.91 Å². The third-order valence-electron chi connectivity index (χ3n) is 3.61. The van der Waals surface area contributed by atoms with Gasteiger partial charge in [-0.25, -0.2) is 0 Å². The van der Waals surface area contributed by atoms with Crippen molar-refractivity contribution in [3.05, 3.63) is 0 Å². The summed E-state index contributed by atoms with van der Waals surface area (Å²) in [7, 11) is 0. The van der Waals surface area contributed by atoms with Gasteiger partial charge in [-0.3, -0.25) is 4.79 Å². The number of hydrogen-bond acceptors (Lipinski definition) is 3. The zero-order valence-electron chi connectivity index (χ0n) is 10.9. The number of nitrogens with zero attached hydrogens (tertiary/aromatic N) is 1. The van der Waals surface area contributed by atoms with Gasteiger partial charge in [-0.1, -0.05) is 25.4 Å². The summed E-state index contributed by atoms with van der Waals surface area (Å²) in [6, 6.07) is 0.126. The summed E-state index contributed by atoms with van der Waals surface area (Å²) < 4.78 is 0. The Kier molecular flexibility index (Phi) is 4.37. The van der Waals surface area contributed by atoms with E-state index in [2.05, 4.69) is 24.3 Å². The fourth-order valence-electron chi connectivity index (χ4n) is 2.01. The molecule has 4 N–H and O–H groups in total. The Balaban J connectivity index is 2.50. The molecule has 1 saturated carbocycles. The van der Waals surface area contributed by atoms with Crippen molar-refractivity contribution < 1.29 is 10.0 Å². The first-order valence-electron chi connectivity index (χ1n) is 6.25. The molecule has 0 saturated heterocycles. The second-order valence-electron chi connectivity index (χ2n) is 5.19. The molecule has 17 heavy (non-hydrogen) atoms. The molecule has 0 radical (unpaired) electrons. The lowest BCUT2D eigenvalue weighted by Crippen LogP contribution is -2.44. The van der Waals surface area contributed by atoms with E-state index >= 15 is 0 Å². The van der Waals surface area contributed by atoms with Gasteiger partial charge in [-0.05, 0) is 32.1 Å². The molecule has 0 aromatic heterocycles. The highest BCUT2D eigenvalue weighted by Gasteiger charge is 2.54. The number of oxime groups is 1. The van der Waals surface area contributed by atoms with Crippen molar-refractivity contribution >= 4 is 11.7 Å². The minimum Gasteiger partial charge on any atom is -0.409 e. The van der Waals surface area contributed by atoms with Crippen molar-refractivity contribution in [2.45, 2.75) is 52.5 Å². The van der Waals surface area contributed by atoms with Crippen LogP contribution in [0.4, 0.5) is 0 Å². The molecule has 2 unspecified atom stereocenters. The second kappa shape index (κ2) is 5.38. The standard InChI is InChI=1S/C12H23N3O2/c1-4-8(2)7-9(3)14-11(16)12(5-6-12)10(13)15-17/h8-9,17H,4-7H2,1-3H3,(H2,13,15)(H,14,16). The topological polar surface area (TPSA) is 87.7 Å². The van der Waals surface area contributed by atoms with Crippen LogP contribution in [0.5, 0.6) is 0 Å². The summed E-state index contributed by atoms with van der Waals surface area (Å²) in [6.07, 6.45) is 3.40. The Morgan fingerprint density at radius 3 is 2.53 bits per heavy atom. The van der Waals surface area contributed by atoms with Gasteiger partial charge in [0.25, 0.3) is 0 Å². The summed E-state index contributed by atoms with van der Waals surface area (Å²) in [6.45, 7) is 6.30. The number of nitrogens with two attached hydrogens (primary N) is 1. The minimum atomic E-state index is -0.738. The van der Waals surface area contributed by atoms with Crippen LogP contribution < -0.4 is 11.1 Å². The molecule has 1 amide bonds. The summed E-state index contributed by atoms with van der Waals surface area (Å²) in [5.41, 5.74) is 4.82. The van der Waals surface area contributed by atoms with Gasteiger partial charge in [-0.15, -0.1) is 0 Å². The first kappa shape index (κ1) is 13.8. The second-order valence-corrected chi connectivity index (χ2v) is 5.19. The molecule has 0 aromatic carbocycles. The first-order chi connectivity index (χ1) is 7.96. The van der Waals surface area contributed by atoms with Crippen LogP contribution in [-0.2, 0) is 4.79 Å². The van der Waals surface area contributed by atoms with Crippen LogP contribution in [0.3, 0.4) is 0 Å². The molecule has 1 rings (SSSR count). The lowest BCUT2D eigenvalue weighted by molar-refractivity contribution is -0.124. The van der Waals surface area contributed by atoms with Gasteiger partial charge < -0.3 is 16.3 Å². The fraction of sp³-hybridized carbons (Fsp3) is 0.833. The summed E-state index contributed by atoms with van der Waals surface area (Å²) in [5.74, 6) is 0.513. The van der Waals surface area contributed by atoms with Crippen LogP contribution in [-0.4, -0.2) is 23.0 Å². The largest absolute Gasteiger partial charge is 0.409 e. The molecule has 0 aliphatic heterocycles. The van der Waals surface area contributed by atoms with Crippen molar-refractivity contribution in [1.29, 1.82) is 0 Å². The number of carbonyl (C=O) groups is 1. The van der Waals surface area contributed by atoms with Crippen molar-refractivity contribution in [2.24, 2.45) is 22.2 Å². The van der Waals surface area contributed by atoms with Crippen LogP contribution in [0.1, 0.15) is 46.5 Å². The molecule has 5 nitrogen and oxygen atoms in total. The SMILES string of the molecule is CCC(C)CC(C)NC(=O)C1(C(N)=NO)CC1. The van der Waals surface area contributed by atoms with Gasteiger partial charge in [0.1, 0.15) is 5.41 Å². The van der Waals surface area contributed by atoms with E-state index in [4.69, 9.17) is 10.9 Å². The maximum atomic E-state index is 12.0. The Morgan fingerprint density at radius 1 is 1.53 bits per heavy atom. The highest BCUT2D eigenvalue weighted by Crippen LogP contribution is 2.46. The minimum absolute atomic E-state index is 0.0331. The molecule has 0 bridgehead atoms. The fourth-order valence-corrected chi connectivity index (χ4v) is 2.01. The van der Waals surface area contributed by atoms with Crippen molar-refractivity contribution in [2.75, 3.05) is 0 Å². The van der Waals surface area contributed by atoms with Gasteiger partial charge in [0.05, 0.1) is 0 Å². The average Bonchev–Trinajstić information content (AvgIpc) is 3.08. The van der Waals surface area contributed by atoms with Crippen LogP contribution in [0, 0.1) is 11.3 Å². The van der Waals surface area contributed by atoms with Crippen molar-refractivity contribution in [3.63, 3.8) is 0 Å². The molecule has 2 atom stereocenters. The molecule has 1 fully saturated rings. The normalized spacial score (nSPS) is 21.7.